The zero-order valence-electron chi connectivity index (χ0n) is 16.9. The van der Waals surface area contributed by atoms with E-state index in [0.717, 1.165) is 22.5 Å². The van der Waals surface area contributed by atoms with Crippen LogP contribution in [0.1, 0.15) is 44.2 Å². The predicted molar refractivity (Wildman–Crippen MR) is 113 cm³/mol. The zero-order chi connectivity index (χ0) is 22.2. The monoisotopic (exact) mass is 451 g/mol. The molecule has 0 radical (unpaired) electrons. The molecular weight excluding hydrogens is 426 g/mol. The Kier molecular flexibility index (Phi) is 6.20. The Morgan fingerprint density at radius 1 is 1.03 bits per heavy atom. The number of fused-ring (bicyclic) bond motifs is 1. The van der Waals surface area contributed by atoms with Crippen LogP contribution in [0.3, 0.4) is 0 Å². The average Bonchev–Trinajstić information content (AvgIpc) is 2.87. The van der Waals surface area contributed by atoms with Gasteiger partial charge in [0.15, 0.2) is 12.3 Å². The van der Waals surface area contributed by atoms with E-state index >= 15 is 0 Å². The van der Waals surface area contributed by atoms with Crippen molar-refractivity contribution in [1.29, 1.82) is 0 Å². The number of hydrogen-bond acceptors (Lipinski definition) is 5. The van der Waals surface area contributed by atoms with Gasteiger partial charge in [-0.05, 0) is 31.9 Å². The molecule has 1 atom stereocenters. The molecule has 2 aromatic carbocycles. The van der Waals surface area contributed by atoms with Gasteiger partial charge in [-0.1, -0.05) is 36.8 Å². The molecule has 1 heterocycles. The summed E-state index contributed by atoms with van der Waals surface area (Å²) in [5, 5.41) is 0. The minimum Gasteiger partial charge on any atom is -0.744 e. The van der Waals surface area contributed by atoms with Gasteiger partial charge < -0.3 is 4.55 Å². The third kappa shape index (κ3) is 4.80. The maximum atomic E-state index is 11.6. The highest BCUT2D eigenvalue weighted by atomic mass is 32.2. The third-order valence-corrected chi connectivity index (χ3v) is 7.49. The van der Waals surface area contributed by atoms with Crippen molar-refractivity contribution in [3.05, 3.63) is 59.7 Å². The van der Waals surface area contributed by atoms with Crippen LogP contribution in [0.4, 0.5) is 5.69 Å². The maximum Gasteiger partial charge on any atom is 0.264 e. The van der Waals surface area contributed by atoms with Crippen molar-refractivity contribution in [2.45, 2.75) is 50.0 Å². The fourth-order valence-corrected chi connectivity index (χ4v) is 5.14. The van der Waals surface area contributed by atoms with Crippen LogP contribution in [0.2, 0.25) is 0 Å². The van der Waals surface area contributed by atoms with Crippen LogP contribution >= 0.6 is 0 Å². The van der Waals surface area contributed by atoms with Crippen LogP contribution in [-0.4, -0.2) is 42.0 Å². The van der Waals surface area contributed by atoms with Gasteiger partial charge in [0, 0.05) is 24.1 Å². The highest BCUT2D eigenvalue weighted by Gasteiger charge is 2.46. The molecule has 162 valence electrons. The van der Waals surface area contributed by atoms with Gasteiger partial charge in [-0.15, -0.1) is 0 Å². The van der Waals surface area contributed by atoms with Gasteiger partial charge in [-0.2, -0.15) is 13.0 Å². The molecule has 1 aliphatic rings. The second kappa shape index (κ2) is 8.22. The molecule has 0 saturated carbocycles. The van der Waals surface area contributed by atoms with Crippen molar-refractivity contribution in [3.8, 4) is 0 Å². The molecule has 1 N–H and O–H groups in total. The van der Waals surface area contributed by atoms with E-state index in [-0.39, 0.29) is 17.1 Å². The lowest BCUT2D eigenvalue weighted by Gasteiger charge is -2.23. The van der Waals surface area contributed by atoms with Gasteiger partial charge in [-0.3, -0.25) is 4.55 Å². The molecule has 0 fully saturated rings. The van der Waals surface area contributed by atoms with E-state index in [0.29, 0.717) is 19.4 Å². The Morgan fingerprint density at radius 3 is 2.30 bits per heavy atom. The fourth-order valence-electron chi connectivity index (χ4n) is 4.07. The molecular formula is C21H25NO6S2. The number of nitrogens with zero attached hydrogens (tertiary/aromatic N) is 1. The van der Waals surface area contributed by atoms with Crippen molar-refractivity contribution in [2.75, 3.05) is 5.75 Å². The summed E-state index contributed by atoms with van der Waals surface area (Å²) < 4.78 is 67.9. The molecule has 7 nitrogen and oxygen atoms in total. The van der Waals surface area contributed by atoms with Crippen LogP contribution < -0.4 is 0 Å². The Labute approximate surface area is 177 Å². The Bertz CT molecular complexity index is 1190. The van der Waals surface area contributed by atoms with Gasteiger partial charge >= 0.3 is 0 Å². The Hall–Kier alpha value is -2.07. The first kappa shape index (κ1) is 22.6. The molecule has 1 aliphatic heterocycles. The number of benzene rings is 2. The second-order valence-electron chi connectivity index (χ2n) is 7.87. The van der Waals surface area contributed by atoms with Crippen LogP contribution in [0.5, 0.6) is 0 Å². The minimum atomic E-state index is -4.60. The minimum absolute atomic E-state index is 0.278. The summed E-state index contributed by atoms with van der Waals surface area (Å²) in [4.78, 5) is -0.278. The van der Waals surface area contributed by atoms with Gasteiger partial charge in [-0.25, -0.2) is 8.42 Å². The maximum absolute atomic E-state index is 11.6. The summed E-state index contributed by atoms with van der Waals surface area (Å²) in [5.41, 5.74) is 3.08. The van der Waals surface area contributed by atoms with E-state index in [4.69, 9.17) is 4.55 Å². The molecule has 3 rings (SSSR count). The first-order chi connectivity index (χ1) is 13.9. The van der Waals surface area contributed by atoms with E-state index in [1.165, 1.54) is 12.1 Å². The quantitative estimate of drug-likeness (QED) is 0.374. The van der Waals surface area contributed by atoms with Gasteiger partial charge in [0.2, 0.25) is 5.69 Å². The van der Waals surface area contributed by atoms with Gasteiger partial charge in [0.05, 0.1) is 16.1 Å². The van der Waals surface area contributed by atoms with Crippen molar-refractivity contribution >= 4 is 31.6 Å². The Balaban J connectivity index is 2.01. The smallest absolute Gasteiger partial charge is 0.264 e. The number of unbranched alkanes of at least 4 members (excludes halogenated alkanes) is 1. The standard InChI is InChI=1S/C21H25NO6S2/c1-16-21(2,12-6-7-13-29(23,24)25)19-14-18(30(26,27)28)10-11-20(19)22(16)15-17-8-4-3-5-9-17/h3-5,8-11,14H,6-7,12-13,15H2,1-2H3,(H-,23,24,25,26,27,28). The van der Waals surface area contributed by atoms with Crippen LogP contribution in [0, 0.1) is 0 Å². The third-order valence-electron chi connectivity index (χ3n) is 5.86. The predicted octanol–water partition coefficient (Wildman–Crippen LogP) is 3.23. The molecule has 0 bridgehead atoms. The molecule has 0 amide bonds. The molecule has 30 heavy (non-hydrogen) atoms. The van der Waals surface area contributed by atoms with E-state index < -0.39 is 25.7 Å². The summed E-state index contributed by atoms with van der Waals surface area (Å²) in [6, 6.07) is 14.3. The number of rotatable bonds is 8. The summed E-state index contributed by atoms with van der Waals surface area (Å²) in [6.45, 7) is 4.53. The lowest BCUT2D eigenvalue weighted by Crippen LogP contribution is -2.30. The van der Waals surface area contributed by atoms with Gasteiger partial charge in [0.25, 0.3) is 10.1 Å². The summed E-state index contributed by atoms with van der Waals surface area (Å²) in [5.74, 6) is -0.322. The molecule has 0 aliphatic carbocycles. The van der Waals surface area contributed by atoms with E-state index in [1.807, 2.05) is 44.2 Å². The van der Waals surface area contributed by atoms with E-state index in [1.54, 1.807) is 6.07 Å². The molecule has 2 aromatic rings. The summed E-state index contributed by atoms with van der Waals surface area (Å²) in [6.07, 6.45) is 1.35. The summed E-state index contributed by atoms with van der Waals surface area (Å²) in [7, 11) is -8.63. The first-order valence-electron chi connectivity index (χ1n) is 9.63. The highest BCUT2D eigenvalue weighted by molar-refractivity contribution is 7.86. The lowest BCUT2D eigenvalue weighted by molar-refractivity contribution is -0.456. The number of hydrogen-bond donors (Lipinski definition) is 1. The lowest BCUT2D eigenvalue weighted by atomic mass is 9.76. The average molecular weight is 452 g/mol. The Morgan fingerprint density at radius 2 is 1.70 bits per heavy atom. The zero-order valence-corrected chi connectivity index (χ0v) is 18.5. The fraction of sp³-hybridized carbons (Fsp3) is 0.381. The van der Waals surface area contributed by atoms with Crippen molar-refractivity contribution < 1.29 is 30.5 Å². The van der Waals surface area contributed by atoms with Crippen molar-refractivity contribution in [1.82, 2.24) is 0 Å². The SMILES string of the molecule is CC1=[N+](Cc2ccccc2)c2ccc(S(=O)(=O)[O-])cc2C1(C)CCCCS(=O)(=O)O. The largest absolute Gasteiger partial charge is 0.744 e. The topological polar surface area (TPSA) is 115 Å². The normalized spacial score (nSPS) is 19.2. The molecule has 0 aromatic heterocycles. The van der Waals surface area contributed by atoms with Crippen LogP contribution in [0.15, 0.2) is 53.4 Å². The van der Waals surface area contributed by atoms with E-state index in [2.05, 4.69) is 4.58 Å². The van der Waals surface area contributed by atoms with Crippen LogP contribution in [0.25, 0.3) is 0 Å². The van der Waals surface area contributed by atoms with Gasteiger partial charge in [0.1, 0.15) is 10.1 Å². The van der Waals surface area contributed by atoms with Crippen LogP contribution in [-0.2, 0) is 32.2 Å². The summed E-state index contributed by atoms with van der Waals surface area (Å²) >= 11 is 0. The van der Waals surface area contributed by atoms with Crippen molar-refractivity contribution in [3.63, 3.8) is 0 Å². The first-order valence-corrected chi connectivity index (χ1v) is 12.6. The van der Waals surface area contributed by atoms with E-state index in [9.17, 15) is 21.4 Å². The molecule has 0 spiro atoms. The second-order valence-corrected chi connectivity index (χ2v) is 10.8. The molecule has 9 heteroatoms. The highest BCUT2D eigenvalue weighted by Crippen LogP contribution is 2.44. The van der Waals surface area contributed by atoms with Crippen molar-refractivity contribution in [2.24, 2.45) is 0 Å². The molecule has 0 saturated heterocycles. The molecule has 1 unspecified atom stereocenters.